The van der Waals surface area contributed by atoms with E-state index in [2.05, 4.69) is 93.9 Å². The predicted molar refractivity (Wildman–Crippen MR) is 129 cm³/mol. The fourth-order valence-corrected chi connectivity index (χ4v) is 8.38. The van der Waals surface area contributed by atoms with Gasteiger partial charge >= 0.3 is 37.9 Å². The van der Waals surface area contributed by atoms with Gasteiger partial charge in [-0.15, -0.1) is 0 Å². The Kier molecular flexibility index (Phi) is 7.04. The van der Waals surface area contributed by atoms with E-state index < -0.39 is 20.8 Å². The van der Waals surface area contributed by atoms with Crippen LogP contribution in [0.3, 0.4) is 0 Å². The number of hydrogen-bond acceptors (Lipinski definition) is 0. The molecule has 0 nitrogen and oxygen atoms in total. The van der Waals surface area contributed by atoms with Gasteiger partial charge in [-0.25, -0.2) is 0 Å². The van der Waals surface area contributed by atoms with Crippen LogP contribution in [-0.4, -0.2) is 0 Å². The zero-order valence-corrected chi connectivity index (χ0v) is 24.4. The fraction of sp³-hybridized carbons (Fsp3) is 0.643. The molecule has 8 aliphatic carbocycles. The molecular formula is C28H38Cl2Zr. The molecule has 168 valence electrons. The first kappa shape index (κ1) is 25.6. The molecule has 0 spiro atoms. The van der Waals surface area contributed by atoms with Gasteiger partial charge in [0.2, 0.25) is 0 Å². The second kappa shape index (κ2) is 8.54. The van der Waals surface area contributed by atoms with Crippen molar-refractivity contribution in [2.24, 2.45) is 45.3 Å². The van der Waals surface area contributed by atoms with E-state index in [1.54, 1.807) is 23.7 Å². The molecule has 0 saturated heterocycles. The summed E-state index contributed by atoms with van der Waals surface area (Å²) in [6, 6.07) is 0. The molecule has 10 radical (unpaired) electrons. The average molecular weight is 537 g/mol. The van der Waals surface area contributed by atoms with Crippen LogP contribution >= 0.6 is 17.0 Å². The summed E-state index contributed by atoms with van der Waals surface area (Å²) in [5, 5.41) is 0. The first-order valence-corrected chi connectivity index (χ1v) is 18.1. The third-order valence-corrected chi connectivity index (χ3v) is 10.1. The Morgan fingerprint density at radius 1 is 0.645 bits per heavy atom. The van der Waals surface area contributed by atoms with Gasteiger partial charge in [-0.2, -0.15) is 0 Å². The zero-order valence-electron chi connectivity index (χ0n) is 20.4. The predicted octanol–water partition coefficient (Wildman–Crippen LogP) is 8.30. The monoisotopic (exact) mass is 534 g/mol. The molecule has 4 bridgehead atoms. The van der Waals surface area contributed by atoms with E-state index in [0.29, 0.717) is 21.7 Å². The van der Waals surface area contributed by atoms with Crippen molar-refractivity contribution in [3.63, 3.8) is 0 Å². The van der Waals surface area contributed by atoms with Crippen molar-refractivity contribution in [3.05, 3.63) is 62.2 Å². The Bertz CT molecular complexity index is 602. The van der Waals surface area contributed by atoms with Crippen molar-refractivity contribution in [3.8, 4) is 0 Å². The summed E-state index contributed by atoms with van der Waals surface area (Å²) in [6.07, 6.45) is 16.7. The van der Waals surface area contributed by atoms with Crippen molar-refractivity contribution < 1.29 is 20.8 Å². The van der Waals surface area contributed by atoms with E-state index in [1.165, 1.54) is 12.8 Å². The normalized spacial score (nSPS) is 40.7. The Labute approximate surface area is 212 Å². The summed E-state index contributed by atoms with van der Waals surface area (Å²) in [5.74, 6) is 9.97. The van der Waals surface area contributed by atoms with E-state index in [4.69, 9.17) is 17.0 Å². The van der Waals surface area contributed by atoms with Gasteiger partial charge in [0.25, 0.3) is 0 Å². The fourth-order valence-electron chi connectivity index (χ4n) is 8.38. The van der Waals surface area contributed by atoms with Crippen molar-refractivity contribution in [1.29, 1.82) is 0 Å². The first-order valence-electron chi connectivity index (χ1n) is 11.8. The van der Waals surface area contributed by atoms with E-state index in [0.717, 1.165) is 23.7 Å². The molecule has 0 aromatic heterocycles. The Hall–Kier alpha value is 1.46. The van der Waals surface area contributed by atoms with Gasteiger partial charge in [0.05, 0.1) is 0 Å². The maximum absolute atomic E-state index is 4.93. The second-order valence-electron chi connectivity index (χ2n) is 12.6. The van der Waals surface area contributed by atoms with Gasteiger partial charge in [-0.05, 0) is 120 Å². The minimum atomic E-state index is -0.826. The van der Waals surface area contributed by atoms with Crippen LogP contribution < -0.4 is 0 Å². The summed E-state index contributed by atoms with van der Waals surface area (Å²) < 4.78 is 0. The van der Waals surface area contributed by atoms with Crippen molar-refractivity contribution >= 4 is 17.0 Å². The Balaban J connectivity index is 0.000000133. The van der Waals surface area contributed by atoms with Crippen LogP contribution in [0.15, 0.2) is 0 Å². The van der Waals surface area contributed by atoms with E-state index in [9.17, 15) is 0 Å². The molecule has 0 aromatic carbocycles. The Morgan fingerprint density at radius 3 is 1.26 bits per heavy atom. The zero-order chi connectivity index (χ0) is 23.0. The number of rotatable bonds is 0. The molecule has 8 aliphatic rings. The first-order chi connectivity index (χ1) is 14.3. The third-order valence-electron chi connectivity index (χ3n) is 10.1. The number of hydrogen-bond donors (Lipinski definition) is 0. The Morgan fingerprint density at radius 2 is 0.968 bits per heavy atom. The standard InChI is InChI=1S/2C14H19.2ClH.Zr/c2*1-13(2)10-7-5-6-9(10)11-8-12(13)14(11,3)4;;;/h2*5-7,11-12H,8H2,1-4H3;2*1H;/q;;;;+2/p-2. The van der Waals surface area contributed by atoms with Crippen molar-refractivity contribution in [2.45, 2.75) is 68.2 Å². The van der Waals surface area contributed by atoms with Crippen molar-refractivity contribution in [1.82, 2.24) is 0 Å². The molecule has 8 saturated carbocycles. The molecule has 8 fully saturated rings. The van der Waals surface area contributed by atoms with Gasteiger partial charge in [0.1, 0.15) is 0 Å². The van der Waals surface area contributed by atoms with Crippen LogP contribution in [0.5, 0.6) is 0 Å². The number of halogens is 2. The molecular weight excluding hydrogens is 498 g/mol. The van der Waals surface area contributed by atoms with Crippen LogP contribution in [0.4, 0.5) is 0 Å². The van der Waals surface area contributed by atoms with Crippen LogP contribution in [-0.2, 0) is 20.8 Å². The molecule has 0 amide bonds. The average Bonchev–Trinajstić information content (AvgIpc) is 3.31. The van der Waals surface area contributed by atoms with Gasteiger partial charge in [0.15, 0.2) is 0 Å². The van der Waals surface area contributed by atoms with Crippen LogP contribution in [0.25, 0.3) is 0 Å². The quantitative estimate of drug-likeness (QED) is 0.292. The summed E-state index contributed by atoms with van der Waals surface area (Å²) in [4.78, 5) is 0. The molecule has 0 aliphatic heterocycles. The summed E-state index contributed by atoms with van der Waals surface area (Å²) in [7, 11) is 9.87. The summed E-state index contributed by atoms with van der Waals surface area (Å²) in [6.45, 7) is 19.5. The van der Waals surface area contributed by atoms with Gasteiger partial charge in [0, 0.05) is 0 Å². The van der Waals surface area contributed by atoms with Crippen LogP contribution in [0, 0.1) is 108 Å². The molecule has 0 aromatic rings. The van der Waals surface area contributed by atoms with Gasteiger partial charge in [-0.3, -0.25) is 0 Å². The van der Waals surface area contributed by atoms with Gasteiger partial charge < -0.3 is 0 Å². The molecule has 0 N–H and O–H groups in total. The van der Waals surface area contributed by atoms with Crippen molar-refractivity contribution in [2.75, 3.05) is 0 Å². The second-order valence-corrected chi connectivity index (χ2v) is 16.4. The summed E-state index contributed by atoms with van der Waals surface area (Å²) >= 11 is -0.826. The molecule has 4 unspecified atom stereocenters. The molecule has 3 heteroatoms. The SMILES string of the molecule is CC1(C)[C]2[CH][CH][CH][C]2C2CC1C2(C)C.CC1(C)[C]2[CH][CH][CH][C]2C2CC1C2(C)C.[Cl][Zr][Cl]. The maximum atomic E-state index is 4.93. The van der Waals surface area contributed by atoms with E-state index in [-0.39, 0.29) is 0 Å². The van der Waals surface area contributed by atoms with Crippen LogP contribution in [0.2, 0.25) is 0 Å². The van der Waals surface area contributed by atoms with Crippen LogP contribution in [0.1, 0.15) is 68.2 Å². The minimum absolute atomic E-state index is 0.400. The molecule has 8 rings (SSSR count). The molecule has 31 heavy (non-hydrogen) atoms. The topological polar surface area (TPSA) is 0 Å². The third kappa shape index (κ3) is 3.74. The molecule has 4 atom stereocenters. The molecule has 0 heterocycles. The van der Waals surface area contributed by atoms with E-state index >= 15 is 0 Å². The van der Waals surface area contributed by atoms with Gasteiger partial charge in [-0.1, -0.05) is 55.4 Å². The summed E-state index contributed by atoms with van der Waals surface area (Å²) in [5.41, 5.74) is 1.86. The van der Waals surface area contributed by atoms with E-state index in [1.807, 2.05) is 0 Å².